The van der Waals surface area contributed by atoms with Gasteiger partial charge in [-0.2, -0.15) is 41.5 Å². The zero-order chi connectivity index (χ0) is 29.4. The maximum Gasteiger partial charge on any atom is -0.0253 e. The molecular formula is C38H36Cl4Zr-2. The van der Waals surface area contributed by atoms with Crippen LogP contribution in [0.25, 0.3) is 11.1 Å². The van der Waals surface area contributed by atoms with Gasteiger partial charge in [-0.3, -0.25) is 6.08 Å². The van der Waals surface area contributed by atoms with Gasteiger partial charge in [0.1, 0.15) is 0 Å². The molecule has 1 unspecified atom stereocenters. The van der Waals surface area contributed by atoms with Gasteiger partial charge in [0.25, 0.3) is 0 Å². The summed E-state index contributed by atoms with van der Waals surface area (Å²) in [7, 11) is 0. The number of halogens is 4. The molecule has 0 nitrogen and oxygen atoms in total. The van der Waals surface area contributed by atoms with Gasteiger partial charge in [0.05, 0.1) is 0 Å². The average molecular weight is 726 g/mol. The first-order valence-corrected chi connectivity index (χ1v) is 16.1. The molecule has 0 amide bonds. The van der Waals surface area contributed by atoms with Crippen molar-refractivity contribution in [2.45, 2.75) is 47.0 Å². The van der Waals surface area contributed by atoms with Crippen LogP contribution in [0.2, 0.25) is 10.0 Å². The topological polar surface area (TPSA) is 0 Å². The van der Waals surface area contributed by atoms with Gasteiger partial charge in [0.2, 0.25) is 0 Å². The van der Waals surface area contributed by atoms with Gasteiger partial charge in [-0.1, -0.05) is 87.3 Å². The summed E-state index contributed by atoms with van der Waals surface area (Å²) in [5.41, 5.74) is 9.58. The average Bonchev–Trinajstić information content (AvgIpc) is 3.59. The van der Waals surface area contributed by atoms with Crippen LogP contribution in [0.15, 0.2) is 109 Å². The molecule has 0 N–H and O–H groups in total. The predicted molar refractivity (Wildman–Crippen MR) is 173 cm³/mol. The molecule has 0 spiro atoms. The zero-order valence-corrected chi connectivity index (χ0v) is 30.5. The number of hydrogen-bond donors (Lipinski definition) is 0. The van der Waals surface area contributed by atoms with Crippen LogP contribution in [0.5, 0.6) is 0 Å². The predicted octanol–water partition coefficient (Wildman–Crippen LogP) is 4.92. The molecule has 222 valence electrons. The van der Waals surface area contributed by atoms with E-state index in [4.69, 9.17) is 23.2 Å². The molecule has 0 saturated heterocycles. The van der Waals surface area contributed by atoms with E-state index in [1.54, 1.807) is 0 Å². The van der Waals surface area contributed by atoms with Crippen LogP contribution in [0.1, 0.15) is 62.8 Å². The van der Waals surface area contributed by atoms with Crippen molar-refractivity contribution in [3.05, 3.63) is 153 Å². The van der Waals surface area contributed by atoms with E-state index in [-0.39, 0.29) is 24.8 Å². The molecule has 5 heteroatoms. The van der Waals surface area contributed by atoms with Crippen molar-refractivity contribution in [3.63, 3.8) is 0 Å². The van der Waals surface area contributed by atoms with Crippen molar-refractivity contribution in [1.82, 2.24) is 0 Å². The molecule has 1 atom stereocenters. The van der Waals surface area contributed by atoms with Crippen LogP contribution >= 0.6 is 23.2 Å². The third-order valence-electron chi connectivity index (χ3n) is 7.14. The van der Waals surface area contributed by atoms with E-state index in [9.17, 15) is 0 Å². The minimum absolute atomic E-state index is 0. The van der Waals surface area contributed by atoms with Gasteiger partial charge in [-0.15, -0.1) is 5.56 Å². The maximum absolute atomic E-state index is 5.98. The van der Waals surface area contributed by atoms with Crippen molar-refractivity contribution >= 4 is 26.4 Å². The molecule has 2 aliphatic carbocycles. The van der Waals surface area contributed by atoms with E-state index in [1.165, 1.54) is 68.1 Å². The van der Waals surface area contributed by atoms with Gasteiger partial charge in [0.15, 0.2) is 0 Å². The van der Waals surface area contributed by atoms with Crippen molar-refractivity contribution in [1.29, 1.82) is 0 Å². The fourth-order valence-electron chi connectivity index (χ4n) is 4.91. The fraction of sp³-hybridized carbons (Fsp3) is 0.237. The Labute approximate surface area is 295 Å². The second kappa shape index (κ2) is 17.7. The number of hydrogen-bond acceptors (Lipinski definition) is 0. The monoisotopic (exact) mass is 722 g/mol. The van der Waals surface area contributed by atoms with E-state index in [0.717, 1.165) is 27.6 Å². The maximum atomic E-state index is 5.98. The molecule has 6 rings (SSSR count). The van der Waals surface area contributed by atoms with Gasteiger partial charge in [-0.05, 0) is 6.42 Å². The summed E-state index contributed by atoms with van der Waals surface area (Å²) < 4.78 is 1.26. The molecule has 0 bridgehead atoms. The summed E-state index contributed by atoms with van der Waals surface area (Å²) in [6.45, 7) is 8.99. The smallest absolute Gasteiger partial charge is 0.0253 e. The van der Waals surface area contributed by atoms with Crippen LogP contribution in [0, 0.1) is 23.5 Å². The largest absolute Gasteiger partial charge is 1.00 e. The first kappa shape index (κ1) is 37.5. The zero-order valence-electron chi connectivity index (χ0n) is 25.0. The first-order chi connectivity index (χ1) is 19.7. The third kappa shape index (κ3) is 10.7. The molecule has 4 aromatic rings. The standard InChI is InChI=1S/C13H8Cl2.C13H9.C12H19.2ClH.Zr/c14-12-5-1-3-10(8-12)7-11-4-2-6-13(15)9-11;1-3-7-12-10(5-1)9-11-6-2-4-8-13(11)12;1-5-6-10-7-8-11(9-10)12(2,3)4;;;/h1-6,8-9H;1-5,7-8H,9H2;8-10H,5-6H2,1-4H3;2*1H;/q;2*-1;;;+2/p-2. The van der Waals surface area contributed by atoms with Gasteiger partial charge in [-0.25, -0.2) is 6.08 Å². The number of allylic oxidation sites excluding steroid dienone is 4. The second-order valence-corrected chi connectivity index (χ2v) is 13.5. The molecule has 0 fully saturated rings. The van der Waals surface area contributed by atoms with E-state index in [0.29, 0.717) is 11.3 Å². The van der Waals surface area contributed by atoms with Crippen LogP contribution in [0.4, 0.5) is 0 Å². The Hall–Kier alpha value is -1.73. The Balaban J connectivity index is 0.000000222. The SMILES string of the molecule is CCCC1[C-]=CC(C(C)(C)C)=C1.Clc1cccc([C](=[Zr+2])c2cccc(Cl)c2)c1.[Cl-].[Cl-].[c-]1cccc2c1Cc1ccccc1-2. The Morgan fingerprint density at radius 1 is 0.837 bits per heavy atom. The second-order valence-electron chi connectivity index (χ2n) is 11.4. The summed E-state index contributed by atoms with van der Waals surface area (Å²) in [5, 5.41) is 1.53. The molecule has 0 radical (unpaired) electrons. The molecule has 0 heterocycles. The quantitative estimate of drug-likeness (QED) is 0.231. The van der Waals surface area contributed by atoms with Gasteiger partial charge in [0, 0.05) is 0 Å². The summed E-state index contributed by atoms with van der Waals surface area (Å²) in [6.07, 6.45) is 11.5. The Kier molecular flexibility index (Phi) is 15.4. The Morgan fingerprint density at radius 2 is 1.44 bits per heavy atom. The Bertz CT molecular complexity index is 1470. The molecule has 0 saturated carbocycles. The summed E-state index contributed by atoms with van der Waals surface area (Å²) in [4.78, 5) is 0. The van der Waals surface area contributed by atoms with E-state index >= 15 is 0 Å². The van der Waals surface area contributed by atoms with Crippen molar-refractivity contribution in [2.75, 3.05) is 0 Å². The van der Waals surface area contributed by atoms with Crippen LogP contribution < -0.4 is 24.8 Å². The third-order valence-corrected chi connectivity index (χ3v) is 9.03. The summed E-state index contributed by atoms with van der Waals surface area (Å²) in [5.74, 6) is 0.587. The van der Waals surface area contributed by atoms with Crippen LogP contribution in [-0.4, -0.2) is 3.21 Å². The molecular weight excluding hydrogens is 689 g/mol. The minimum Gasteiger partial charge on any atom is -1.00 e. The summed E-state index contributed by atoms with van der Waals surface area (Å²) in [6, 6.07) is 33.9. The van der Waals surface area contributed by atoms with Crippen molar-refractivity contribution in [3.8, 4) is 11.1 Å². The summed E-state index contributed by atoms with van der Waals surface area (Å²) >= 11 is 13.3. The van der Waals surface area contributed by atoms with E-state index in [2.05, 4.69) is 101 Å². The van der Waals surface area contributed by atoms with Crippen LogP contribution in [-0.2, 0) is 30.7 Å². The minimum atomic E-state index is 0. The van der Waals surface area contributed by atoms with Crippen molar-refractivity contribution in [2.24, 2.45) is 11.3 Å². The normalized spacial score (nSPS) is 14.0. The first-order valence-electron chi connectivity index (χ1n) is 14.2. The van der Waals surface area contributed by atoms with Gasteiger partial charge >= 0.3 is 120 Å². The Morgan fingerprint density at radius 3 is 2.00 bits per heavy atom. The molecule has 2 aliphatic rings. The van der Waals surface area contributed by atoms with E-state index in [1.807, 2.05) is 42.5 Å². The number of fused-ring (bicyclic) bond motifs is 3. The molecule has 0 aromatic heterocycles. The fourth-order valence-corrected chi connectivity index (χ4v) is 6.05. The van der Waals surface area contributed by atoms with Gasteiger partial charge < -0.3 is 24.8 Å². The number of rotatable bonds is 4. The van der Waals surface area contributed by atoms with E-state index < -0.39 is 0 Å². The van der Waals surface area contributed by atoms with Crippen molar-refractivity contribution < 1.29 is 49.0 Å². The van der Waals surface area contributed by atoms with Crippen LogP contribution in [0.3, 0.4) is 0 Å². The molecule has 0 aliphatic heterocycles. The molecule has 4 aromatic carbocycles. The molecule has 43 heavy (non-hydrogen) atoms. The number of benzene rings is 4.